The third-order valence-corrected chi connectivity index (χ3v) is 3.61. The van der Waals surface area contributed by atoms with Gasteiger partial charge >= 0.3 is 0 Å². The molecular weight excluding hydrogens is 294 g/mol. The van der Waals surface area contributed by atoms with E-state index in [9.17, 15) is 4.39 Å². The fraction of sp³-hybridized carbons (Fsp3) is 0.455. The molecule has 2 nitrogen and oxygen atoms in total. The van der Waals surface area contributed by atoms with E-state index in [0.717, 1.165) is 13.1 Å². The Labute approximate surface area is 108 Å². The highest BCUT2D eigenvalue weighted by atomic mass is 79.9. The lowest BCUT2D eigenvalue weighted by Crippen LogP contribution is -2.49. The summed E-state index contributed by atoms with van der Waals surface area (Å²) in [6.07, 6.45) is 0. The minimum absolute atomic E-state index is 0.0382. The monoisotopic (exact) mass is 306 g/mol. The van der Waals surface area contributed by atoms with Gasteiger partial charge in [-0.1, -0.05) is 11.6 Å². The van der Waals surface area contributed by atoms with Crippen LogP contribution in [0.1, 0.15) is 18.5 Å². The number of benzene rings is 1. The van der Waals surface area contributed by atoms with E-state index in [4.69, 9.17) is 11.6 Å². The second-order valence-electron chi connectivity index (χ2n) is 3.97. The van der Waals surface area contributed by atoms with Gasteiger partial charge in [-0.25, -0.2) is 4.39 Å². The van der Waals surface area contributed by atoms with Crippen molar-refractivity contribution < 1.29 is 4.39 Å². The minimum Gasteiger partial charge on any atom is -0.311 e. The predicted octanol–water partition coefficient (Wildman–Crippen LogP) is 2.86. The number of nitrogens with one attached hydrogen (secondary N) is 2. The maximum atomic E-state index is 14.0. The number of hydrogen-bond acceptors (Lipinski definition) is 2. The Morgan fingerprint density at radius 2 is 2.06 bits per heavy atom. The first-order valence-corrected chi connectivity index (χ1v) is 6.38. The minimum atomic E-state index is -0.238. The van der Waals surface area contributed by atoms with Crippen LogP contribution in [0.4, 0.5) is 4.39 Å². The van der Waals surface area contributed by atoms with Crippen LogP contribution in [-0.2, 0) is 0 Å². The Morgan fingerprint density at radius 1 is 1.38 bits per heavy atom. The van der Waals surface area contributed by atoms with E-state index in [1.54, 1.807) is 12.1 Å². The summed E-state index contributed by atoms with van der Waals surface area (Å²) in [7, 11) is 0. The van der Waals surface area contributed by atoms with Crippen LogP contribution in [0.2, 0.25) is 5.02 Å². The molecule has 0 spiro atoms. The number of hydrogen-bond donors (Lipinski definition) is 2. The average molecular weight is 308 g/mol. The maximum Gasteiger partial charge on any atom is 0.142 e. The largest absolute Gasteiger partial charge is 0.311 e. The van der Waals surface area contributed by atoms with E-state index in [1.807, 2.05) is 6.92 Å². The van der Waals surface area contributed by atoms with Crippen LogP contribution in [-0.4, -0.2) is 19.1 Å². The zero-order valence-electron chi connectivity index (χ0n) is 8.86. The van der Waals surface area contributed by atoms with Gasteiger partial charge in [-0.2, -0.15) is 0 Å². The van der Waals surface area contributed by atoms with Crippen LogP contribution < -0.4 is 10.6 Å². The summed E-state index contributed by atoms with van der Waals surface area (Å²) in [6, 6.07) is 3.40. The van der Waals surface area contributed by atoms with Crippen LogP contribution in [0.25, 0.3) is 0 Å². The molecule has 1 fully saturated rings. The highest BCUT2D eigenvalue weighted by molar-refractivity contribution is 9.10. The lowest BCUT2D eigenvalue weighted by Gasteiger charge is -2.32. The van der Waals surface area contributed by atoms with Crippen molar-refractivity contribution >= 4 is 27.5 Å². The molecule has 0 aliphatic carbocycles. The quantitative estimate of drug-likeness (QED) is 0.780. The van der Waals surface area contributed by atoms with Crippen molar-refractivity contribution in [2.75, 3.05) is 13.1 Å². The van der Waals surface area contributed by atoms with Crippen molar-refractivity contribution in [2.45, 2.75) is 19.0 Å². The third-order valence-electron chi connectivity index (χ3n) is 2.81. The number of piperazine rings is 1. The van der Waals surface area contributed by atoms with Gasteiger partial charge in [0.1, 0.15) is 5.82 Å². The van der Waals surface area contributed by atoms with Gasteiger partial charge in [0, 0.05) is 29.7 Å². The molecule has 0 radical (unpaired) electrons. The molecule has 5 heteroatoms. The molecule has 0 bridgehead atoms. The normalized spacial score (nSPS) is 25.8. The van der Waals surface area contributed by atoms with Crippen molar-refractivity contribution in [3.05, 3.63) is 33.0 Å². The smallest absolute Gasteiger partial charge is 0.142 e. The molecule has 0 aromatic heterocycles. The zero-order valence-corrected chi connectivity index (χ0v) is 11.2. The maximum absolute atomic E-state index is 14.0. The Balaban J connectivity index is 2.38. The molecule has 1 saturated heterocycles. The molecule has 1 heterocycles. The first-order valence-electron chi connectivity index (χ1n) is 5.21. The molecule has 2 rings (SSSR count). The molecule has 1 aliphatic rings. The fourth-order valence-electron chi connectivity index (χ4n) is 2.00. The second kappa shape index (κ2) is 5.00. The number of halogens is 3. The van der Waals surface area contributed by atoms with Gasteiger partial charge in [-0.05, 0) is 35.0 Å². The summed E-state index contributed by atoms with van der Waals surface area (Å²) in [4.78, 5) is 0. The van der Waals surface area contributed by atoms with E-state index < -0.39 is 0 Å². The van der Waals surface area contributed by atoms with Crippen molar-refractivity contribution in [3.63, 3.8) is 0 Å². The highest BCUT2D eigenvalue weighted by Crippen LogP contribution is 2.30. The summed E-state index contributed by atoms with van der Waals surface area (Å²) in [5.74, 6) is -0.238. The Morgan fingerprint density at radius 3 is 2.75 bits per heavy atom. The van der Waals surface area contributed by atoms with Crippen molar-refractivity contribution in [1.82, 2.24) is 10.6 Å². The molecule has 1 aliphatic heterocycles. The van der Waals surface area contributed by atoms with Crippen molar-refractivity contribution in [3.8, 4) is 0 Å². The summed E-state index contributed by atoms with van der Waals surface area (Å²) < 4.78 is 14.4. The molecule has 2 atom stereocenters. The Hall–Kier alpha value is -0.160. The van der Waals surface area contributed by atoms with Gasteiger partial charge in [-0.3, -0.25) is 0 Å². The topological polar surface area (TPSA) is 24.1 Å². The molecule has 0 saturated carbocycles. The van der Waals surface area contributed by atoms with E-state index in [2.05, 4.69) is 26.6 Å². The highest BCUT2D eigenvalue weighted by Gasteiger charge is 2.25. The van der Waals surface area contributed by atoms with Gasteiger partial charge < -0.3 is 10.6 Å². The molecule has 0 amide bonds. The SMILES string of the molecule is C[C@H]1NCCN[C@@H]1c1cc(Cl)cc(Br)c1F. The summed E-state index contributed by atoms with van der Waals surface area (Å²) in [5, 5.41) is 7.15. The van der Waals surface area contributed by atoms with E-state index in [0.29, 0.717) is 15.1 Å². The molecular formula is C11H13BrClFN2. The van der Waals surface area contributed by atoms with E-state index >= 15 is 0 Å². The van der Waals surface area contributed by atoms with Gasteiger partial charge in [0.05, 0.1) is 10.5 Å². The third kappa shape index (κ3) is 2.40. The van der Waals surface area contributed by atoms with Crippen LogP contribution in [0.15, 0.2) is 16.6 Å². The molecule has 1 aromatic rings. The first-order chi connectivity index (χ1) is 7.59. The van der Waals surface area contributed by atoms with Gasteiger partial charge in [-0.15, -0.1) is 0 Å². The van der Waals surface area contributed by atoms with Gasteiger partial charge in [0.25, 0.3) is 0 Å². The van der Waals surface area contributed by atoms with Gasteiger partial charge in [0.2, 0.25) is 0 Å². The summed E-state index contributed by atoms with van der Waals surface area (Å²) in [5.41, 5.74) is 0.610. The molecule has 2 N–H and O–H groups in total. The standard InChI is InChI=1S/C11H13BrClFN2/c1-6-11(16-3-2-15-6)8-4-7(13)5-9(12)10(8)14/h4-6,11,15-16H,2-3H2,1H3/t6-,11+/m1/s1. The predicted molar refractivity (Wildman–Crippen MR) is 67.3 cm³/mol. The van der Waals surface area contributed by atoms with E-state index in [-0.39, 0.29) is 17.9 Å². The fourth-order valence-corrected chi connectivity index (χ4v) is 2.84. The summed E-state index contributed by atoms with van der Waals surface area (Å²) >= 11 is 9.12. The van der Waals surface area contributed by atoms with Crippen LogP contribution in [0, 0.1) is 5.82 Å². The molecule has 1 aromatic carbocycles. The molecule has 0 unspecified atom stereocenters. The first kappa shape index (κ1) is 12.3. The Kier molecular flexibility index (Phi) is 3.85. The van der Waals surface area contributed by atoms with Crippen LogP contribution in [0.5, 0.6) is 0 Å². The van der Waals surface area contributed by atoms with Crippen LogP contribution in [0.3, 0.4) is 0 Å². The lowest BCUT2D eigenvalue weighted by molar-refractivity contribution is 0.337. The second-order valence-corrected chi connectivity index (χ2v) is 5.26. The lowest BCUT2D eigenvalue weighted by atomic mass is 9.98. The Bertz CT molecular complexity index is 400. The van der Waals surface area contributed by atoms with Gasteiger partial charge in [0.15, 0.2) is 0 Å². The zero-order chi connectivity index (χ0) is 11.7. The summed E-state index contributed by atoms with van der Waals surface area (Å²) in [6.45, 7) is 3.77. The molecule has 88 valence electrons. The average Bonchev–Trinajstić information content (AvgIpc) is 2.24. The molecule has 16 heavy (non-hydrogen) atoms. The van der Waals surface area contributed by atoms with Crippen LogP contribution >= 0.6 is 27.5 Å². The van der Waals surface area contributed by atoms with E-state index in [1.165, 1.54) is 0 Å². The van der Waals surface area contributed by atoms with Crippen molar-refractivity contribution in [1.29, 1.82) is 0 Å². The van der Waals surface area contributed by atoms with Crippen molar-refractivity contribution in [2.24, 2.45) is 0 Å². The number of rotatable bonds is 1.